The zero-order valence-corrected chi connectivity index (χ0v) is 20.4. The minimum Gasteiger partial charge on any atom is -0.497 e. The van der Waals surface area contributed by atoms with Crippen LogP contribution in [0.1, 0.15) is 24.8 Å². The number of likely N-dealkylation sites (tertiary alicyclic amines) is 1. The average Bonchev–Trinajstić information content (AvgIpc) is 3.17. The third-order valence-electron chi connectivity index (χ3n) is 5.09. The van der Waals surface area contributed by atoms with Crippen molar-refractivity contribution in [3.05, 3.63) is 29.8 Å². The molecule has 1 unspecified atom stereocenters. The van der Waals surface area contributed by atoms with Gasteiger partial charge in [0.15, 0.2) is 5.96 Å². The molecule has 1 amide bonds. The number of hydrogen-bond acceptors (Lipinski definition) is 4. The van der Waals surface area contributed by atoms with Gasteiger partial charge >= 0.3 is 0 Å². The van der Waals surface area contributed by atoms with Crippen LogP contribution in [-0.2, 0) is 11.2 Å². The second-order valence-electron chi connectivity index (χ2n) is 7.30. The highest BCUT2D eigenvalue weighted by molar-refractivity contribution is 14.0. The topological polar surface area (TPSA) is 69.2 Å². The van der Waals surface area contributed by atoms with Gasteiger partial charge in [-0.25, -0.2) is 0 Å². The van der Waals surface area contributed by atoms with Crippen LogP contribution in [-0.4, -0.2) is 82.1 Å². The van der Waals surface area contributed by atoms with Crippen LogP contribution >= 0.6 is 24.0 Å². The van der Waals surface area contributed by atoms with Crippen LogP contribution in [0.4, 0.5) is 0 Å². The molecule has 1 heterocycles. The van der Waals surface area contributed by atoms with Crippen LogP contribution in [0.3, 0.4) is 0 Å². The van der Waals surface area contributed by atoms with Gasteiger partial charge in [-0.3, -0.25) is 14.7 Å². The standard InChI is InChI=1S/C21H35N5O2.HI/c1-22-21(24-14-12-17-8-10-18(28-4)11-9-17)23-13-6-16-26-15-5-7-19(26)20(27)25(2)3;/h8-11,19H,5-7,12-16H2,1-4H3,(H2,22,23,24);1H. The number of carbonyl (C=O) groups excluding carboxylic acids is 1. The third kappa shape index (κ3) is 8.38. The van der Waals surface area contributed by atoms with E-state index in [1.807, 2.05) is 26.2 Å². The Labute approximate surface area is 192 Å². The molecule has 7 nitrogen and oxygen atoms in total. The molecule has 1 fully saturated rings. The summed E-state index contributed by atoms with van der Waals surface area (Å²) in [4.78, 5) is 20.5. The molecule has 1 aliphatic heterocycles. The van der Waals surface area contributed by atoms with E-state index in [1.54, 1.807) is 19.1 Å². The quantitative estimate of drug-likeness (QED) is 0.227. The van der Waals surface area contributed by atoms with Crippen LogP contribution < -0.4 is 15.4 Å². The van der Waals surface area contributed by atoms with Crippen molar-refractivity contribution in [1.29, 1.82) is 0 Å². The Hall–Kier alpha value is -1.55. The smallest absolute Gasteiger partial charge is 0.239 e. The van der Waals surface area contributed by atoms with E-state index in [9.17, 15) is 4.79 Å². The first-order valence-electron chi connectivity index (χ1n) is 10.1. The van der Waals surface area contributed by atoms with Crippen LogP contribution in [0, 0.1) is 0 Å². The Morgan fingerprint density at radius 3 is 2.55 bits per heavy atom. The molecule has 1 aromatic rings. The lowest BCUT2D eigenvalue weighted by atomic mass is 10.1. The summed E-state index contributed by atoms with van der Waals surface area (Å²) < 4.78 is 5.18. The first-order valence-corrected chi connectivity index (χ1v) is 10.1. The molecule has 1 atom stereocenters. The van der Waals surface area contributed by atoms with Gasteiger partial charge in [-0.15, -0.1) is 24.0 Å². The lowest BCUT2D eigenvalue weighted by molar-refractivity contribution is -0.133. The largest absolute Gasteiger partial charge is 0.497 e. The van der Waals surface area contributed by atoms with Crippen molar-refractivity contribution in [1.82, 2.24) is 20.4 Å². The summed E-state index contributed by atoms with van der Waals surface area (Å²) in [5.74, 6) is 1.92. The van der Waals surface area contributed by atoms with E-state index in [1.165, 1.54) is 5.56 Å². The Kier molecular flexibility index (Phi) is 12.0. The monoisotopic (exact) mass is 517 g/mol. The third-order valence-corrected chi connectivity index (χ3v) is 5.09. The molecule has 0 saturated carbocycles. The Morgan fingerprint density at radius 2 is 1.93 bits per heavy atom. The minimum absolute atomic E-state index is 0. The summed E-state index contributed by atoms with van der Waals surface area (Å²) in [7, 11) is 7.13. The molecule has 1 saturated heterocycles. The Bertz CT molecular complexity index is 636. The average molecular weight is 517 g/mol. The van der Waals surface area contributed by atoms with E-state index in [0.29, 0.717) is 0 Å². The van der Waals surface area contributed by atoms with E-state index >= 15 is 0 Å². The van der Waals surface area contributed by atoms with Crippen molar-refractivity contribution in [3.8, 4) is 5.75 Å². The van der Waals surface area contributed by atoms with Crippen molar-refractivity contribution >= 4 is 35.8 Å². The van der Waals surface area contributed by atoms with Gasteiger partial charge in [-0.2, -0.15) is 0 Å². The number of nitrogens with one attached hydrogen (secondary N) is 2. The fourth-order valence-corrected chi connectivity index (χ4v) is 3.50. The van der Waals surface area contributed by atoms with Crippen LogP contribution in [0.2, 0.25) is 0 Å². The van der Waals surface area contributed by atoms with Gasteiger partial charge in [-0.1, -0.05) is 12.1 Å². The van der Waals surface area contributed by atoms with Crippen molar-refractivity contribution < 1.29 is 9.53 Å². The van der Waals surface area contributed by atoms with E-state index < -0.39 is 0 Å². The summed E-state index contributed by atoms with van der Waals surface area (Å²) in [5.41, 5.74) is 1.26. The van der Waals surface area contributed by atoms with Gasteiger partial charge in [0.1, 0.15) is 5.75 Å². The summed E-state index contributed by atoms with van der Waals surface area (Å²) in [6.45, 7) is 3.60. The first kappa shape index (κ1) is 25.5. The van der Waals surface area contributed by atoms with Gasteiger partial charge in [0.25, 0.3) is 0 Å². The second kappa shape index (κ2) is 13.6. The van der Waals surface area contributed by atoms with E-state index in [-0.39, 0.29) is 35.9 Å². The van der Waals surface area contributed by atoms with Crippen LogP contribution in [0.5, 0.6) is 5.75 Å². The summed E-state index contributed by atoms with van der Waals surface area (Å²) in [6.07, 6.45) is 3.98. The number of aliphatic imine (C=N–C) groups is 1. The number of hydrogen-bond donors (Lipinski definition) is 2. The number of amides is 1. The molecule has 0 bridgehead atoms. The van der Waals surface area contributed by atoms with Crippen molar-refractivity contribution in [3.63, 3.8) is 0 Å². The highest BCUT2D eigenvalue weighted by Crippen LogP contribution is 2.18. The molecule has 0 spiro atoms. The molecular weight excluding hydrogens is 481 g/mol. The lowest BCUT2D eigenvalue weighted by Crippen LogP contribution is -2.44. The molecule has 1 aromatic carbocycles. The number of nitrogens with zero attached hydrogens (tertiary/aromatic N) is 3. The number of halogens is 1. The maximum atomic E-state index is 12.2. The second-order valence-corrected chi connectivity index (χ2v) is 7.30. The summed E-state index contributed by atoms with van der Waals surface area (Å²) in [5, 5.41) is 6.71. The summed E-state index contributed by atoms with van der Waals surface area (Å²) >= 11 is 0. The van der Waals surface area contributed by atoms with Crippen LogP contribution in [0.15, 0.2) is 29.3 Å². The van der Waals surface area contributed by atoms with Crippen molar-refractivity contribution in [2.75, 3.05) is 54.4 Å². The van der Waals surface area contributed by atoms with Gasteiger partial charge < -0.3 is 20.3 Å². The molecule has 164 valence electrons. The number of rotatable bonds is 9. The number of likely N-dealkylation sites (N-methyl/N-ethyl adjacent to an activating group) is 1. The zero-order valence-electron chi connectivity index (χ0n) is 18.1. The van der Waals surface area contributed by atoms with Gasteiger partial charge in [0.05, 0.1) is 13.2 Å². The Morgan fingerprint density at radius 1 is 1.24 bits per heavy atom. The lowest BCUT2D eigenvalue weighted by Gasteiger charge is -2.26. The summed E-state index contributed by atoms with van der Waals surface area (Å²) in [6, 6.07) is 8.18. The van der Waals surface area contributed by atoms with E-state index in [0.717, 1.165) is 63.6 Å². The van der Waals surface area contributed by atoms with E-state index in [4.69, 9.17) is 4.74 Å². The predicted octanol–water partition coefficient (Wildman–Crippen LogP) is 1.96. The predicted molar refractivity (Wildman–Crippen MR) is 129 cm³/mol. The number of benzene rings is 1. The molecule has 2 rings (SSSR count). The highest BCUT2D eigenvalue weighted by atomic mass is 127. The molecule has 0 radical (unpaired) electrons. The normalized spacial score (nSPS) is 16.8. The molecule has 29 heavy (non-hydrogen) atoms. The molecule has 0 aliphatic carbocycles. The first-order chi connectivity index (χ1) is 13.5. The molecule has 2 N–H and O–H groups in total. The number of carbonyl (C=O) groups is 1. The van der Waals surface area contributed by atoms with Crippen molar-refractivity contribution in [2.24, 2.45) is 4.99 Å². The van der Waals surface area contributed by atoms with Crippen molar-refractivity contribution in [2.45, 2.75) is 31.7 Å². The van der Waals surface area contributed by atoms with E-state index in [2.05, 4.69) is 32.7 Å². The fourth-order valence-electron chi connectivity index (χ4n) is 3.50. The maximum Gasteiger partial charge on any atom is 0.239 e. The number of guanidine groups is 1. The highest BCUT2D eigenvalue weighted by Gasteiger charge is 2.30. The van der Waals surface area contributed by atoms with Gasteiger partial charge in [-0.05, 0) is 49.9 Å². The Balaban J connectivity index is 0.00000420. The molecule has 0 aromatic heterocycles. The molecule has 8 heteroatoms. The number of methoxy groups -OCH3 is 1. The SMILES string of the molecule is CN=C(NCCCN1CCCC1C(=O)N(C)C)NCCc1ccc(OC)cc1.I. The minimum atomic E-state index is 0. The fraction of sp³-hybridized carbons (Fsp3) is 0.619. The zero-order chi connectivity index (χ0) is 20.4. The maximum absolute atomic E-state index is 12.2. The van der Waals surface area contributed by atoms with Crippen LogP contribution in [0.25, 0.3) is 0 Å². The van der Waals surface area contributed by atoms with Gasteiger partial charge in [0, 0.05) is 40.8 Å². The molecular formula is C21H36IN5O2. The molecule has 1 aliphatic rings. The van der Waals surface area contributed by atoms with Gasteiger partial charge in [0.2, 0.25) is 5.91 Å². The number of ether oxygens (including phenoxy) is 1.